The van der Waals surface area contributed by atoms with E-state index in [0.717, 1.165) is 11.4 Å². The van der Waals surface area contributed by atoms with E-state index in [9.17, 15) is 4.79 Å². The predicted molar refractivity (Wildman–Crippen MR) is 103 cm³/mol. The van der Waals surface area contributed by atoms with Crippen molar-refractivity contribution in [3.8, 4) is 0 Å². The van der Waals surface area contributed by atoms with Gasteiger partial charge in [0.15, 0.2) is 10.9 Å². The maximum absolute atomic E-state index is 12.5. The highest BCUT2D eigenvalue weighted by atomic mass is 32.2. The number of rotatable bonds is 4. The fourth-order valence-electron chi connectivity index (χ4n) is 3.12. The molecule has 2 aromatic rings. The molecular weight excluding hydrogens is 334 g/mol. The summed E-state index contributed by atoms with van der Waals surface area (Å²) in [5.74, 6) is 0.824. The first-order valence-corrected chi connectivity index (χ1v) is 8.88. The first-order chi connectivity index (χ1) is 11.8. The fourth-order valence-corrected chi connectivity index (χ4v) is 3.81. The number of anilines is 3. The zero-order chi connectivity index (χ0) is 18.2. The summed E-state index contributed by atoms with van der Waals surface area (Å²) in [6.45, 7) is 4.26. The monoisotopic (exact) mass is 355 g/mol. The molecular formula is C18H21N5OS. The van der Waals surface area contributed by atoms with Crippen LogP contribution in [0.25, 0.3) is 0 Å². The summed E-state index contributed by atoms with van der Waals surface area (Å²) in [4.78, 5) is 22.7. The molecule has 0 radical (unpaired) electrons. The van der Waals surface area contributed by atoms with Crippen LogP contribution in [0.2, 0.25) is 0 Å². The minimum atomic E-state index is -0.218. The van der Waals surface area contributed by atoms with E-state index in [0.29, 0.717) is 16.8 Å². The summed E-state index contributed by atoms with van der Waals surface area (Å²) in [5.41, 5.74) is 14.4. The summed E-state index contributed by atoms with van der Waals surface area (Å²) in [6, 6.07) is 9.70. The van der Waals surface area contributed by atoms with E-state index in [1.807, 2.05) is 19.2 Å². The van der Waals surface area contributed by atoms with Crippen molar-refractivity contribution in [1.82, 2.24) is 9.97 Å². The smallest absolute Gasteiger partial charge is 0.191 e. The Bertz CT molecular complexity index is 842. The average molecular weight is 355 g/mol. The Balaban J connectivity index is 1.78. The van der Waals surface area contributed by atoms with Crippen molar-refractivity contribution in [2.45, 2.75) is 24.4 Å². The van der Waals surface area contributed by atoms with Crippen LogP contribution < -0.4 is 16.4 Å². The zero-order valence-electron chi connectivity index (χ0n) is 14.5. The third kappa shape index (κ3) is 3.32. The largest absolute Gasteiger partial charge is 0.383 e. The normalized spacial score (nSPS) is 16.9. The molecule has 1 aromatic carbocycles. The molecule has 0 bridgehead atoms. The molecule has 4 N–H and O–H groups in total. The van der Waals surface area contributed by atoms with Crippen LogP contribution in [0.1, 0.15) is 19.4 Å². The number of hydrogen-bond donors (Lipinski definition) is 2. The number of thioether (sulfide) groups is 1. The van der Waals surface area contributed by atoms with Crippen molar-refractivity contribution in [2.24, 2.45) is 0 Å². The van der Waals surface area contributed by atoms with Crippen LogP contribution in [0, 0.1) is 0 Å². The number of para-hydroxylation sites is 1. The van der Waals surface area contributed by atoms with Crippen LogP contribution >= 0.6 is 11.8 Å². The number of nitrogen functional groups attached to an aromatic ring is 2. The number of nitrogens with two attached hydrogens (primary N) is 2. The molecule has 25 heavy (non-hydrogen) atoms. The van der Waals surface area contributed by atoms with Gasteiger partial charge in [0.25, 0.3) is 0 Å². The van der Waals surface area contributed by atoms with Crippen LogP contribution in [0.3, 0.4) is 0 Å². The van der Waals surface area contributed by atoms with Gasteiger partial charge < -0.3 is 16.4 Å². The van der Waals surface area contributed by atoms with Gasteiger partial charge >= 0.3 is 0 Å². The maximum Gasteiger partial charge on any atom is 0.191 e. The van der Waals surface area contributed by atoms with Crippen LogP contribution in [0.15, 0.2) is 47.3 Å². The van der Waals surface area contributed by atoms with E-state index >= 15 is 0 Å². The lowest BCUT2D eigenvalue weighted by Crippen LogP contribution is -2.24. The number of carbonyl (C=O) groups excluding carboxylic acids is 1. The summed E-state index contributed by atoms with van der Waals surface area (Å²) in [7, 11) is 1.99. The zero-order valence-corrected chi connectivity index (χ0v) is 15.3. The molecule has 0 atom stereocenters. The van der Waals surface area contributed by atoms with Crippen LogP contribution in [0.5, 0.6) is 0 Å². The molecule has 7 heteroatoms. The van der Waals surface area contributed by atoms with Gasteiger partial charge in [-0.05, 0) is 11.6 Å². The summed E-state index contributed by atoms with van der Waals surface area (Å²) in [5, 5.41) is 0.409. The SMILES string of the molecule is CN1/C(=C/C(=O)CSc2nc(N)cc(N)n2)C(C)(C)c2ccccc21. The van der Waals surface area contributed by atoms with E-state index in [1.54, 1.807) is 6.08 Å². The fraction of sp³-hybridized carbons (Fsp3) is 0.278. The number of benzene rings is 1. The molecule has 6 nitrogen and oxygen atoms in total. The lowest BCUT2D eigenvalue weighted by Gasteiger charge is -2.23. The number of hydrogen-bond acceptors (Lipinski definition) is 7. The highest BCUT2D eigenvalue weighted by molar-refractivity contribution is 7.99. The molecule has 2 heterocycles. The molecule has 130 valence electrons. The van der Waals surface area contributed by atoms with Crippen LogP contribution in [-0.4, -0.2) is 28.6 Å². The summed E-state index contributed by atoms with van der Waals surface area (Å²) < 4.78 is 0. The number of carbonyl (C=O) groups is 1. The van der Waals surface area contributed by atoms with Crippen LogP contribution in [0.4, 0.5) is 17.3 Å². The second-order valence-electron chi connectivity index (χ2n) is 6.49. The number of nitrogens with zero attached hydrogens (tertiary/aromatic N) is 3. The Hall–Kier alpha value is -2.54. The topological polar surface area (TPSA) is 98.1 Å². The second-order valence-corrected chi connectivity index (χ2v) is 7.43. The molecule has 1 aliphatic rings. The van der Waals surface area contributed by atoms with Gasteiger partial charge in [0, 0.05) is 36.0 Å². The van der Waals surface area contributed by atoms with Gasteiger partial charge in [0.2, 0.25) is 0 Å². The van der Waals surface area contributed by atoms with Gasteiger partial charge in [0.05, 0.1) is 5.75 Å². The molecule has 3 rings (SSSR count). The first-order valence-electron chi connectivity index (χ1n) is 7.90. The third-order valence-corrected chi connectivity index (χ3v) is 5.20. The van der Waals surface area contributed by atoms with Gasteiger partial charge in [-0.25, -0.2) is 9.97 Å². The Morgan fingerprint density at radius 2 is 1.88 bits per heavy atom. The van der Waals surface area contributed by atoms with Crippen molar-refractivity contribution >= 4 is 34.9 Å². The van der Waals surface area contributed by atoms with Crippen molar-refractivity contribution in [1.29, 1.82) is 0 Å². The quantitative estimate of drug-likeness (QED) is 0.494. The highest BCUT2D eigenvalue weighted by Crippen LogP contribution is 2.46. The molecule has 0 spiro atoms. The molecule has 0 saturated carbocycles. The number of aromatic nitrogens is 2. The van der Waals surface area contributed by atoms with Gasteiger partial charge in [0.1, 0.15) is 11.6 Å². The first kappa shape index (κ1) is 17.3. The molecule has 0 saturated heterocycles. The minimum Gasteiger partial charge on any atom is -0.383 e. The average Bonchev–Trinajstić information content (AvgIpc) is 2.74. The van der Waals surface area contributed by atoms with E-state index < -0.39 is 0 Å². The minimum absolute atomic E-state index is 0.00247. The van der Waals surface area contributed by atoms with Crippen LogP contribution in [-0.2, 0) is 10.2 Å². The van der Waals surface area contributed by atoms with Crippen molar-refractivity contribution in [3.05, 3.63) is 47.7 Å². The third-order valence-electron chi connectivity index (χ3n) is 4.33. The van der Waals surface area contributed by atoms with E-state index in [4.69, 9.17) is 11.5 Å². The number of allylic oxidation sites excluding steroid dienone is 2. The van der Waals surface area contributed by atoms with Crippen molar-refractivity contribution in [2.75, 3.05) is 29.2 Å². The summed E-state index contributed by atoms with van der Waals surface area (Å²) >= 11 is 1.23. The Morgan fingerprint density at radius 3 is 2.52 bits per heavy atom. The van der Waals surface area contributed by atoms with Gasteiger partial charge in [-0.15, -0.1) is 0 Å². The standard InChI is InChI=1S/C18H21N5OS/c1-18(2)12-6-4-5-7-13(12)23(3)14(18)8-11(24)10-25-17-21-15(19)9-16(20)22-17/h4-9H,10H2,1-3H3,(H4,19,20,21,22)/b14-8+. The molecule has 0 fully saturated rings. The second kappa shape index (κ2) is 6.40. The lowest BCUT2D eigenvalue weighted by atomic mass is 9.83. The maximum atomic E-state index is 12.5. The predicted octanol–water partition coefficient (Wildman–Crippen LogP) is 2.61. The molecule has 1 aromatic heterocycles. The Morgan fingerprint density at radius 1 is 1.24 bits per heavy atom. The van der Waals surface area contributed by atoms with Gasteiger partial charge in [-0.3, -0.25) is 4.79 Å². The lowest BCUT2D eigenvalue weighted by molar-refractivity contribution is -0.112. The highest BCUT2D eigenvalue weighted by Gasteiger charge is 2.38. The van der Waals surface area contributed by atoms with Crippen molar-refractivity contribution in [3.63, 3.8) is 0 Å². The molecule has 0 unspecified atom stereocenters. The molecule has 1 aliphatic heterocycles. The number of fused-ring (bicyclic) bond motifs is 1. The van der Waals surface area contributed by atoms with E-state index in [-0.39, 0.29) is 17.0 Å². The van der Waals surface area contributed by atoms with Gasteiger partial charge in [-0.1, -0.05) is 43.8 Å². The molecule has 0 aliphatic carbocycles. The Labute approximate surface area is 151 Å². The molecule has 0 amide bonds. The van der Waals surface area contributed by atoms with Gasteiger partial charge in [-0.2, -0.15) is 0 Å². The van der Waals surface area contributed by atoms with E-state index in [1.165, 1.54) is 23.4 Å². The number of ketones is 1. The number of likely N-dealkylation sites (N-methyl/N-ethyl adjacent to an activating group) is 1. The summed E-state index contributed by atoms with van der Waals surface area (Å²) in [6.07, 6.45) is 1.71. The van der Waals surface area contributed by atoms with E-state index in [2.05, 4.69) is 40.8 Å². The Kier molecular flexibility index (Phi) is 4.43. The van der Waals surface area contributed by atoms with Crippen molar-refractivity contribution < 1.29 is 4.79 Å².